The van der Waals surface area contributed by atoms with E-state index < -0.39 is 12.6 Å². The average molecular weight is 380 g/mol. The maximum absolute atomic E-state index is 12.4. The molecule has 0 aliphatic carbocycles. The molecule has 0 aliphatic rings. The molecule has 1 aromatic carbocycles. The molecule has 7 heteroatoms. The van der Waals surface area contributed by atoms with Crippen LogP contribution in [-0.4, -0.2) is 41.7 Å². The number of ether oxygens (including phenoxy) is 2. The summed E-state index contributed by atoms with van der Waals surface area (Å²) >= 11 is 5.82. The summed E-state index contributed by atoms with van der Waals surface area (Å²) in [5, 5.41) is 10.0. The second-order valence-electron chi connectivity index (χ2n) is 5.94. The van der Waals surface area contributed by atoms with Crippen molar-refractivity contribution in [3.63, 3.8) is 0 Å². The molecular formula is C19H22ClNO5. The van der Waals surface area contributed by atoms with Gasteiger partial charge in [0, 0.05) is 42.2 Å². The van der Waals surface area contributed by atoms with E-state index in [1.807, 2.05) is 18.4 Å². The number of ketones is 1. The first kappa shape index (κ1) is 20.0. The van der Waals surface area contributed by atoms with Crippen LogP contribution in [0.5, 0.6) is 5.75 Å². The number of methoxy groups -OCH3 is 1. The molecule has 0 amide bonds. The van der Waals surface area contributed by atoms with E-state index in [4.69, 9.17) is 21.1 Å². The highest BCUT2D eigenvalue weighted by molar-refractivity contribution is 6.31. The number of carbonyl (C=O) groups is 2. The first-order valence-electron chi connectivity index (χ1n) is 8.19. The van der Waals surface area contributed by atoms with Crippen molar-refractivity contribution in [1.82, 2.24) is 4.57 Å². The minimum absolute atomic E-state index is 0.0738. The Kier molecular flexibility index (Phi) is 6.83. The van der Waals surface area contributed by atoms with Crippen molar-refractivity contribution in [3.05, 3.63) is 51.8 Å². The van der Waals surface area contributed by atoms with E-state index in [1.165, 1.54) is 18.2 Å². The summed E-state index contributed by atoms with van der Waals surface area (Å²) < 4.78 is 12.1. The van der Waals surface area contributed by atoms with Gasteiger partial charge in [0.2, 0.25) is 5.78 Å². The van der Waals surface area contributed by atoms with E-state index in [2.05, 4.69) is 0 Å². The molecule has 2 rings (SSSR count). The first-order valence-corrected chi connectivity index (χ1v) is 8.57. The van der Waals surface area contributed by atoms with Gasteiger partial charge in [-0.2, -0.15) is 0 Å². The third-order valence-electron chi connectivity index (χ3n) is 4.12. The Morgan fingerprint density at radius 2 is 1.92 bits per heavy atom. The number of rotatable bonds is 8. The van der Waals surface area contributed by atoms with Crippen LogP contribution in [0.3, 0.4) is 0 Å². The van der Waals surface area contributed by atoms with E-state index in [1.54, 1.807) is 13.2 Å². The molecule has 1 heterocycles. The van der Waals surface area contributed by atoms with E-state index in [-0.39, 0.29) is 17.1 Å². The Morgan fingerprint density at radius 3 is 2.62 bits per heavy atom. The molecule has 0 radical (unpaired) electrons. The second-order valence-corrected chi connectivity index (χ2v) is 6.38. The van der Waals surface area contributed by atoms with Gasteiger partial charge in [0.25, 0.3) is 0 Å². The number of halogens is 1. The Morgan fingerprint density at radius 1 is 1.19 bits per heavy atom. The minimum Gasteiger partial charge on any atom is -0.507 e. The van der Waals surface area contributed by atoms with Crippen molar-refractivity contribution in [1.29, 1.82) is 0 Å². The van der Waals surface area contributed by atoms with E-state index in [9.17, 15) is 14.7 Å². The van der Waals surface area contributed by atoms with E-state index >= 15 is 0 Å². The number of nitrogens with zero attached hydrogens (tertiary/aromatic N) is 1. The highest BCUT2D eigenvalue weighted by Gasteiger charge is 2.19. The average Bonchev–Trinajstić information content (AvgIpc) is 2.89. The van der Waals surface area contributed by atoms with Crippen molar-refractivity contribution >= 4 is 23.4 Å². The molecular weight excluding hydrogens is 358 g/mol. The molecule has 140 valence electrons. The molecule has 0 saturated carbocycles. The number of phenols is 1. The van der Waals surface area contributed by atoms with Gasteiger partial charge in [-0.3, -0.25) is 4.79 Å². The van der Waals surface area contributed by atoms with E-state index in [0.29, 0.717) is 17.2 Å². The highest BCUT2D eigenvalue weighted by atomic mass is 35.5. The van der Waals surface area contributed by atoms with Gasteiger partial charge >= 0.3 is 5.97 Å². The molecule has 0 saturated heterocycles. The zero-order valence-electron chi connectivity index (χ0n) is 15.0. The maximum Gasteiger partial charge on any atom is 0.342 e. The van der Waals surface area contributed by atoms with Crippen molar-refractivity contribution in [3.8, 4) is 5.75 Å². The molecule has 2 aromatic rings. The van der Waals surface area contributed by atoms with Crippen LogP contribution in [0.15, 0.2) is 24.3 Å². The second kappa shape index (κ2) is 8.87. The molecule has 26 heavy (non-hydrogen) atoms. The molecule has 1 N–H and O–H groups in total. The monoisotopic (exact) mass is 379 g/mol. The van der Waals surface area contributed by atoms with E-state index in [0.717, 1.165) is 24.4 Å². The lowest BCUT2D eigenvalue weighted by molar-refractivity contribution is 0.0471. The fraction of sp³-hybridized carbons (Fsp3) is 0.368. The molecule has 1 aromatic heterocycles. The summed E-state index contributed by atoms with van der Waals surface area (Å²) in [5.74, 6) is -1.35. The standard InChI is InChI=1S/C19H22ClNO5/c1-12-9-15(13(2)21(12)7-4-8-25-3)18(23)11-26-19(24)16-10-14(20)5-6-17(16)22/h5-6,9-10,22H,4,7-8,11H2,1-3H3. The predicted molar refractivity (Wildman–Crippen MR) is 98.1 cm³/mol. The summed E-state index contributed by atoms with van der Waals surface area (Å²) in [7, 11) is 1.65. The lowest BCUT2D eigenvalue weighted by Crippen LogP contribution is -2.15. The first-order chi connectivity index (χ1) is 12.3. The number of hydrogen-bond donors (Lipinski definition) is 1. The van der Waals surface area contributed by atoms with Gasteiger partial charge in [-0.05, 0) is 44.5 Å². The van der Waals surface area contributed by atoms with Gasteiger partial charge in [0.1, 0.15) is 11.3 Å². The van der Waals surface area contributed by atoms with Crippen LogP contribution in [0, 0.1) is 13.8 Å². The number of hydrogen-bond acceptors (Lipinski definition) is 5. The lowest BCUT2D eigenvalue weighted by atomic mass is 10.1. The molecule has 0 atom stereocenters. The fourth-order valence-corrected chi connectivity index (χ4v) is 2.92. The van der Waals surface area contributed by atoms with Gasteiger partial charge in [-0.25, -0.2) is 4.79 Å². The smallest absolute Gasteiger partial charge is 0.342 e. The molecule has 0 aliphatic heterocycles. The van der Waals surface area contributed by atoms with Gasteiger partial charge in [0.05, 0.1) is 0 Å². The molecule has 0 spiro atoms. The molecule has 0 unspecified atom stereocenters. The number of phenolic OH excluding ortho intramolecular Hbond substituents is 1. The van der Waals surface area contributed by atoms with Crippen LogP contribution in [-0.2, 0) is 16.0 Å². The number of aromatic nitrogens is 1. The molecule has 0 fully saturated rings. The molecule has 6 nitrogen and oxygen atoms in total. The molecule has 0 bridgehead atoms. The van der Waals surface area contributed by atoms with Crippen molar-refractivity contribution in [2.75, 3.05) is 20.3 Å². The number of Topliss-reactive ketones (excluding diaryl/α,β-unsaturated/α-hetero) is 1. The lowest BCUT2D eigenvalue weighted by Gasteiger charge is -2.09. The summed E-state index contributed by atoms with van der Waals surface area (Å²) in [6, 6.07) is 5.84. The number of benzene rings is 1. The van der Waals surface area contributed by atoms with Crippen LogP contribution < -0.4 is 0 Å². The Balaban J connectivity index is 2.05. The Bertz CT molecular complexity index is 813. The van der Waals surface area contributed by atoms with Crippen molar-refractivity contribution in [2.24, 2.45) is 0 Å². The highest BCUT2D eigenvalue weighted by Crippen LogP contribution is 2.22. The third-order valence-corrected chi connectivity index (χ3v) is 4.35. The summed E-state index contributed by atoms with van der Waals surface area (Å²) in [6.07, 6.45) is 0.837. The van der Waals surface area contributed by atoms with Gasteiger partial charge in [0.15, 0.2) is 6.61 Å². The minimum atomic E-state index is -0.799. The van der Waals surface area contributed by atoms with Crippen LogP contribution >= 0.6 is 11.6 Å². The number of aryl methyl sites for hydroxylation is 1. The van der Waals surface area contributed by atoms with Crippen molar-refractivity contribution < 1.29 is 24.2 Å². The predicted octanol–water partition coefficient (Wildman–Crippen LogP) is 3.54. The van der Waals surface area contributed by atoms with Crippen LogP contribution in [0.4, 0.5) is 0 Å². The van der Waals surface area contributed by atoms with Crippen molar-refractivity contribution in [2.45, 2.75) is 26.8 Å². The zero-order valence-corrected chi connectivity index (χ0v) is 15.8. The maximum atomic E-state index is 12.4. The topological polar surface area (TPSA) is 77.8 Å². The summed E-state index contributed by atoms with van der Waals surface area (Å²) in [5.41, 5.74) is 2.23. The SMILES string of the molecule is COCCCn1c(C)cc(C(=O)COC(=O)c2cc(Cl)ccc2O)c1C. The number of aromatic hydroxyl groups is 1. The number of carbonyl (C=O) groups excluding carboxylic acids is 2. The summed E-state index contributed by atoms with van der Waals surface area (Å²) in [4.78, 5) is 24.5. The summed E-state index contributed by atoms with van der Waals surface area (Å²) in [6.45, 7) is 4.76. The third kappa shape index (κ3) is 4.65. The zero-order chi connectivity index (χ0) is 19.3. The van der Waals surface area contributed by atoms with Crippen LogP contribution in [0.25, 0.3) is 0 Å². The number of esters is 1. The van der Waals surface area contributed by atoms with Gasteiger partial charge in [-0.1, -0.05) is 11.6 Å². The van der Waals surface area contributed by atoms with Crippen LogP contribution in [0.1, 0.15) is 38.5 Å². The normalized spacial score (nSPS) is 10.8. The van der Waals surface area contributed by atoms with Crippen LogP contribution in [0.2, 0.25) is 5.02 Å². The largest absolute Gasteiger partial charge is 0.507 e. The Labute approximate surface area is 157 Å². The van der Waals surface area contributed by atoms with Gasteiger partial charge in [-0.15, -0.1) is 0 Å². The quantitative estimate of drug-likeness (QED) is 0.431. The van der Waals surface area contributed by atoms with Gasteiger partial charge < -0.3 is 19.1 Å². The Hall–Kier alpha value is -2.31. The fourth-order valence-electron chi connectivity index (χ4n) is 2.75.